The predicted octanol–water partition coefficient (Wildman–Crippen LogP) is 3.48. The number of rotatable bonds is 6. The first-order valence-corrected chi connectivity index (χ1v) is 9.51. The molecule has 1 amide bonds. The minimum Gasteiger partial charge on any atom is -0.352 e. The topological polar surface area (TPSA) is 102 Å². The van der Waals surface area contributed by atoms with E-state index in [1.807, 2.05) is 5.38 Å². The van der Waals surface area contributed by atoms with E-state index < -0.39 is 4.92 Å². The number of carbonyl (C=O) groups excluding carboxylic acids is 1. The number of benzene rings is 2. The standard InChI is InChI=1S/C19H14FN5O3S/c20-16-4-2-1-3-15(16)17-22-19-24(23-17)14(11-29-19)9-10-21-18(26)12-5-7-13(8-6-12)25(27)28/h1-8,11H,9-10H2,(H,21,26). The number of non-ortho nitro benzene ring substituents is 1. The summed E-state index contributed by atoms with van der Waals surface area (Å²) in [7, 11) is 0. The van der Waals surface area contributed by atoms with Gasteiger partial charge in [-0.2, -0.15) is 4.98 Å². The van der Waals surface area contributed by atoms with Crippen molar-refractivity contribution < 1.29 is 14.1 Å². The van der Waals surface area contributed by atoms with E-state index in [0.29, 0.717) is 34.9 Å². The SMILES string of the molecule is O=C(NCCc1csc2nc(-c3ccccc3F)nn12)c1ccc([N+](=O)[O-])cc1. The molecule has 2 aromatic carbocycles. The first kappa shape index (κ1) is 18.7. The van der Waals surface area contributed by atoms with Crippen LogP contribution in [-0.2, 0) is 6.42 Å². The summed E-state index contributed by atoms with van der Waals surface area (Å²) in [4.78, 5) is 27.4. The van der Waals surface area contributed by atoms with Crippen molar-refractivity contribution in [2.75, 3.05) is 6.54 Å². The van der Waals surface area contributed by atoms with Gasteiger partial charge in [0.2, 0.25) is 4.96 Å². The number of carbonyl (C=O) groups is 1. The molecule has 0 aliphatic heterocycles. The lowest BCUT2D eigenvalue weighted by Crippen LogP contribution is -2.26. The van der Waals surface area contributed by atoms with Gasteiger partial charge in [0.25, 0.3) is 11.6 Å². The normalized spacial score (nSPS) is 10.9. The lowest BCUT2D eigenvalue weighted by Gasteiger charge is -2.04. The zero-order chi connectivity index (χ0) is 20.4. The molecule has 1 N–H and O–H groups in total. The van der Waals surface area contributed by atoms with Gasteiger partial charge in [-0.3, -0.25) is 14.9 Å². The highest BCUT2D eigenvalue weighted by atomic mass is 32.1. The van der Waals surface area contributed by atoms with Gasteiger partial charge in [-0.25, -0.2) is 8.91 Å². The number of aromatic nitrogens is 3. The van der Waals surface area contributed by atoms with Crippen molar-refractivity contribution in [2.24, 2.45) is 0 Å². The highest BCUT2D eigenvalue weighted by molar-refractivity contribution is 7.15. The van der Waals surface area contributed by atoms with Gasteiger partial charge < -0.3 is 5.32 Å². The molecule has 0 bridgehead atoms. The van der Waals surface area contributed by atoms with Crippen LogP contribution in [0.1, 0.15) is 16.1 Å². The van der Waals surface area contributed by atoms with Crippen LogP contribution in [0.5, 0.6) is 0 Å². The third-order valence-electron chi connectivity index (χ3n) is 4.27. The van der Waals surface area contributed by atoms with Gasteiger partial charge in [-0.15, -0.1) is 16.4 Å². The van der Waals surface area contributed by atoms with Crippen molar-refractivity contribution in [3.05, 3.63) is 81.1 Å². The summed E-state index contributed by atoms with van der Waals surface area (Å²) in [5, 5.41) is 19.7. The van der Waals surface area contributed by atoms with Crippen LogP contribution in [0, 0.1) is 15.9 Å². The molecule has 8 nitrogen and oxygen atoms in total. The highest BCUT2D eigenvalue weighted by Gasteiger charge is 2.14. The highest BCUT2D eigenvalue weighted by Crippen LogP contribution is 2.23. The molecule has 29 heavy (non-hydrogen) atoms. The molecular formula is C19H14FN5O3S. The van der Waals surface area contributed by atoms with Crippen molar-refractivity contribution in [1.29, 1.82) is 0 Å². The Bertz CT molecular complexity index is 1200. The zero-order valence-corrected chi connectivity index (χ0v) is 15.7. The van der Waals surface area contributed by atoms with Crippen molar-refractivity contribution >= 4 is 27.9 Å². The maximum atomic E-state index is 14.0. The largest absolute Gasteiger partial charge is 0.352 e. The fourth-order valence-corrected chi connectivity index (χ4v) is 3.65. The Balaban J connectivity index is 1.43. The Kier molecular flexibility index (Phi) is 5.00. The molecule has 2 heterocycles. The summed E-state index contributed by atoms with van der Waals surface area (Å²) >= 11 is 1.39. The summed E-state index contributed by atoms with van der Waals surface area (Å²) in [6.07, 6.45) is 0.499. The monoisotopic (exact) mass is 411 g/mol. The third kappa shape index (κ3) is 3.83. The fraction of sp³-hybridized carbons (Fsp3) is 0.105. The van der Waals surface area contributed by atoms with Crippen LogP contribution < -0.4 is 5.32 Å². The van der Waals surface area contributed by atoms with Crippen LogP contribution in [0.15, 0.2) is 53.9 Å². The number of fused-ring (bicyclic) bond motifs is 1. The van der Waals surface area contributed by atoms with Gasteiger partial charge in [0.15, 0.2) is 5.82 Å². The fourth-order valence-electron chi connectivity index (χ4n) is 2.79. The number of thiazole rings is 1. The van der Waals surface area contributed by atoms with E-state index in [-0.39, 0.29) is 17.4 Å². The molecule has 0 atom stereocenters. The molecule has 4 rings (SSSR count). The average molecular weight is 411 g/mol. The first-order chi connectivity index (χ1) is 14.0. The second-order valence-corrected chi connectivity index (χ2v) is 6.98. The first-order valence-electron chi connectivity index (χ1n) is 8.63. The van der Waals surface area contributed by atoms with Crippen molar-refractivity contribution in [1.82, 2.24) is 19.9 Å². The van der Waals surface area contributed by atoms with Crippen molar-refractivity contribution in [2.45, 2.75) is 6.42 Å². The van der Waals surface area contributed by atoms with E-state index in [2.05, 4.69) is 15.4 Å². The minimum atomic E-state index is -0.517. The second kappa shape index (κ2) is 7.76. The van der Waals surface area contributed by atoms with Gasteiger partial charge in [0.1, 0.15) is 5.82 Å². The van der Waals surface area contributed by atoms with E-state index in [9.17, 15) is 19.3 Å². The Morgan fingerprint density at radius 2 is 1.97 bits per heavy atom. The van der Waals surface area contributed by atoms with E-state index in [4.69, 9.17) is 0 Å². The number of hydrogen-bond acceptors (Lipinski definition) is 6. The van der Waals surface area contributed by atoms with Crippen LogP contribution in [0.4, 0.5) is 10.1 Å². The number of nitro benzene ring substituents is 1. The predicted molar refractivity (Wildman–Crippen MR) is 105 cm³/mol. The van der Waals surface area contributed by atoms with E-state index in [1.165, 1.54) is 41.7 Å². The van der Waals surface area contributed by atoms with Crippen molar-refractivity contribution in [3.63, 3.8) is 0 Å². The second-order valence-electron chi connectivity index (χ2n) is 6.15. The molecule has 146 valence electrons. The molecule has 10 heteroatoms. The lowest BCUT2D eigenvalue weighted by molar-refractivity contribution is -0.384. The zero-order valence-electron chi connectivity index (χ0n) is 14.9. The molecule has 0 fully saturated rings. The van der Waals surface area contributed by atoms with Crippen molar-refractivity contribution in [3.8, 4) is 11.4 Å². The average Bonchev–Trinajstić information content (AvgIpc) is 3.30. The van der Waals surface area contributed by atoms with Crippen LogP contribution in [0.2, 0.25) is 0 Å². The van der Waals surface area contributed by atoms with Gasteiger partial charge >= 0.3 is 0 Å². The number of hydrogen-bond donors (Lipinski definition) is 1. The van der Waals surface area contributed by atoms with E-state index in [0.717, 1.165) is 5.69 Å². The Labute approximate surface area is 167 Å². The molecule has 0 aliphatic rings. The van der Waals surface area contributed by atoms with Crippen LogP contribution >= 0.6 is 11.3 Å². The summed E-state index contributed by atoms with van der Waals surface area (Å²) in [5.41, 5.74) is 1.44. The molecule has 0 saturated heterocycles. The summed E-state index contributed by atoms with van der Waals surface area (Å²) in [5.74, 6) is -0.397. The number of nitro groups is 1. The molecule has 2 aromatic heterocycles. The number of amides is 1. The van der Waals surface area contributed by atoms with Crippen LogP contribution in [0.25, 0.3) is 16.3 Å². The number of halogens is 1. The van der Waals surface area contributed by atoms with E-state index >= 15 is 0 Å². The van der Waals surface area contributed by atoms with Gasteiger partial charge in [0.05, 0.1) is 16.2 Å². The van der Waals surface area contributed by atoms with Gasteiger partial charge in [0, 0.05) is 36.0 Å². The third-order valence-corrected chi connectivity index (χ3v) is 5.14. The Morgan fingerprint density at radius 1 is 1.21 bits per heavy atom. The Morgan fingerprint density at radius 3 is 2.69 bits per heavy atom. The maximum absolute atomic E-state index is 14.0. The maximum Gasteiger partial charge on any atom is 0.269 e. The van der Waals surface area contributed by atoms with Crippen LogP contribution in [-0.4, -0.2) is 32.0 Å². The summed E-state index contributed by atoms with van der Waals surface area (Å²) in [6.45, 7) is 0.344. The van der Waals surface area contributed by atoms with Gasteiger partial charge in [-0.05, 0) is 24.3 Å². The molecular weight excluding hydrogens is 397 g/mol. The molecule has 0 unspecified atom stereocenters. The quantitative estimate of drug-likeness (QED) is 0.387. The summed E-state index contributed by atoms with van der Waals surface area (Å²) in [6, 6.07) is 11.7. The minimum absolute atomic E-state index is 0.0703. The molecule has 0 radical (unpaired) electrons. The molecule has 4 aromatic rings. The summed E-state index contributed by atoms with van der Waals surface area (Å²) < 4.78 is 15.6. The number of nitrogens with zero attached hydrogens (tertiary/aromatic N) is 4. The van der Waals surface area contributed by atoms with Crippen LogP contribution in [0.3, 0.4) is 0 Å². The smallest absolute Gasteiger partial charge is 0.269 e. The Hall–Kier alpha value is -3.66. The lowest BCUT2D eigenvalue weighted by atomic mass is 10.2. The molecule has 0 saturated carbocycles. The number of nitrogens with one attached hydrogen (secondary N) is 1. The molecule has 0 spiro atoms. The van der Waals surface area contributed by atoms with Gasteiger partial charge in [-0.1, -0.05) is 12.1 Å². The molecule has 0 aliphatic carbocycles. The van der Waals surface area contributed by atoms with E-state index in [1.54, 1.807) is 22.7 Å².